The third-order valence-electron chi connectivity index (χ3n) is 3.64. The first kappa shape index (κ1) is 18.0. The van der Waals surface area contributed by atoms with Crippen molar-refractivity contribution in [2.75, 3.05) is 0 Å². The second-order valence-electron chi connectivity index (χ2n) is 5.46. The molecule has 0 atom stereocenters. The van der Waals surface area contributed by atoms with Crippen molar-refractivity contribution in [3.05, 3.63) is 57.6 Å². The molecule has 24 heavy (non-hydrogen) atoms. The van der Waals surface area contributed by atoms with E-state index in [1.807, 2.05) is 24.3 Å². The van der Waals surface area contributed by atoms with Crippen LogP contribution in [0, 0.1) is 10.1 Å². The molecule has 0 amide bonds. The van der Waals surface area contributed by atoms with E-state index < -0.39 is 16.4 Å². The minimum atomic E-state index is -0.691. The van der Waals surface area contributed by atoms with Crippen LogP contribution in [0.3, 0.4) is 0 Å². The second-order valence-corrected chi connectivity index (χ2v) is 6.61. The van der Waals surface area contributed by atoms with Crippen molar-refractivity contribution in [1.82, 2.24) is 0 Å². The van der Waals surface area contributed by atoms with E-state index in [4.69, 9.17) is 0 Å². The van der Waals surface area contributed by atoms with Gasteiger partial charge < -0.3 is 5.11 Å². The van der Waals surface area contributed by atoms with Crippen molar-refractivity contribution in [1.29, 1.82) is 0 Å². The van der Waals surface area contributed by atoms with Gasteiger partial charge in [-0.15, -0.1) is 0 Å². The van der Waals surface area contributed by atoms with Crippen molar-refractivity contribution in [3.63, 3.8) is 0 Å². The molecule has 6 heteroatoms. The number of nitrogens with zero attached hydrogens (tertiary/aromatic N) is 1. The average Bonchev–Trinajstić information content (AvgIpc) is 2.57. The molecule has 2 rings (SSSR count). The molecular weight excluding hydrogens is 326 g/mol. The Balaban J connectivity index is 2.17. The van der Waals surface area contributed by atoms with Gasteiger partial charge in [0.2, 0.25) is 5.75 Å². The molecular formula is C18H19NO4S. The van der Waals surface area contributed by atoms with Crippen LogP contribution in [0.1, 0.15) is 42.1 Å². The van der Waals surface area contributed by atoms with E-state index in [1.165, 1.54) is 42.3 Å². The van der Waals surface area contributed by atoms with Crippen molar-refractivity contribution in [2.24, 2.45) is 0 Å². The summed E-state index contributed by atoms with van der Waals surface area (Å²) in [6.45, 7) is 2.17. The number of unbranched alkanes of at least 4 members (excludes halogenated alkanes) is 2. The highest BCUT2D eigenvalue weighted by Gasteiger charge is 2.19. The first-order chi connectivity index (χ1) is 11.5. The third-order valence-corrected chi connectivity index (χ3v) is 4.62. The molecule has 5 nitrogen and oxygen atoms in total. The summed E-state index contributed by atoms with van der Waals surface area (Å²) in [4.78, 5) is 22.7. The van der Waals surface area contributed by atoms with Gasteiger partial charge in [-0.05, 0) is 36.6 Å². The van der Waals surface area contributed by atoms with Gasteiger partial charge in [0.1, 0.15) is 0 Å². The molecule has 0 fully saturated rings. The predicted molar refractivity (Wildman–Crippen MR) is 93.9 cm³/mol. The number of nitro groups is 1. The zero-order valence-electron chi connectivity index (χ0n) is 13.4. The van der Waals surface area contributed by atoms with Gasteiger partial charge in [0.25, 0.3) is 0 Å². The lowest BCUT2D eigenvalue weighted by Crippen LogP contribution is -1.93. The highest BCUT2D eigenvalue weighted by Crippen LogP contribution is 2.37. The fourth-order valence-corrected chi connectivity index (χ4v) is 3.24. The number of nitro benzene ring substituents is 1. The minimum Gasteiger partial charge on any atom is -0.502 e. The smallest absolute Gasteiger partial charge is 0.312 e. The Morgan fingerprint density at radius 2 is 1.88 bits per heavy atom. The second kappa shape index (κ2) is 8.49. The number of carbonyl (C=O) groups excluding carboxylic acids is 1. The summed E-state index contributed by atoms with van der Waals surface area (Å²) < 4.78 is 0. The Kier molecular flexibility index (Phi) is 6.37. The van der Waals surface area contributed by atoms with Crippen LogP contribution in [0.25, 0.3) is 0 Å². The van der Waals surface area contributed by atoms with Crippen LogP contribution in [-0.2, 0) is 6.42 Å². The van der Waals surface area contributed by atoms with Crippen molar-refractivity contribution in [2.45, 2.75) is 42.4 Å². The molecule has 2 aromatic rings. The van der Waals surface area contributed by atoms with Gasteiger partial charge in [-0.2, -0.15) is 0 Å². The molecule has 0 bridgehead atoms. The van der Waals surface area contributed by atoms with Gasteiger partial charge in [-0.25, -0.2) is 0 Å². The van der Waals surface area contributed by atoms with Crippen LogP contribution in [0.4, 0.5) is 5.69 Å². The standard InChI is InChI=1S/C18H19NO4S/c1-2-3-4-5-13-6-8-15(9-7-13)24-16-10-14(12-20)18(21)17(11-16)19(22)23/h6-12,21H,2-5H2,1H3. The number of hydrogen-bond acceptors (Lipinski definition) is 5. The van der Waals surface area contributed by atoms with E-state index in [0.29, 0.717) is 11.2 Å². The fourth-order valence-electron chi connectivity index (χ4n) is 2.34. The molecule has 0 aliphatic carbocycles. The first-order valence-corrected chi connectivity index (χ1v) is 8.60. The Labute approximate surface area is 144 Å². The van der Waals surface area contributed by atoms with Crippen LogP contribution in [0.15, 0.2) is 46.2 Å². The average molecular weight is 345 g/mol. The number of benzene rings is 2. The lowest BCUT2D eigenvalue weighted by Gasteiger charge is -2.06. The fraction of sp³-hybridized carbons (Fsp3) is 0.278. The lowest BCUT2D eigenvalue weighted by atomic mass is 10.1. The molecule has 0 aromatic heterocycles. The van der Waals surface area contributed by atoms with Crippen LogP contribution < -0.4 is 0 Å². The van der Waals surface area contributed by atoms with Gasteiger partial charge in [-0.3, -0.25) is 14.9 Å². The Morgan fingerprint density at radius 3 is 2.46 bits per heavy atom. The Morgan fingerprint density at radius 1 is 1.17 bits per heavy atom. The molecule has 0 heterocycles. The van der Waals surface area contributed by atoms with E-state index >= 15 is 0 Å². The SMILES string of the molecule is CCCCCc1ccc(Sc2cc(C=O)c(O)c([N+](=O)[O-])c2)cc1. The number of phenols is 1. The number of hydrogen-bond donors (Lipinski definition) is 1. The van der Waals surface area contributed by atoms with E-state index in [9.17, 15) is 20.0 Å². The number of aromatic hydroxyl groups is 1. The number of aryl methyl sites for hydroxylation is 1. The van der Waals surface area contributed by atoms with E-state index in [2.05, 4.69) is 6.92 Å². The maximum Gasteiger partial charge on any atom is 0.312 e. The van der Waals surface area contributed by atoms with Gasteiger partial charge >= 0.3 is 5.69 Å². The van der Waals surface area contributed by atoms with Crippen molar-refractivity contribution in [3.8, 4) is 5.75 Å². The normalized spacial score (nSPS) is 10.5. The highest BCUT2D eigenvalue weighted by molar-refractivity contribution is 7.99. The van der Waals surface area contributed by atoms with Gasteiger partial charge in [0.05, 0.1) is 10.5 Å². The summed E-state index contributed by atoms with van der Waals surface area (Å²) in [7, 11) is 0. The monoisotopic (exact) mass is 345 g/mol. The molecule has 0 aliphatic rings. The maximum atomic E-state index is 11.0. The van der Waals surface area contributed by atoms with Crippen LogP contribution in [0.2, 0.25) is 0 Å². The van der Waals surface area contributed by atoms with Crippen LogP contribution >= 0.6 is 11.8 Å². The quantitative estimate of drug-likeness (QED) is 0.315. The number of aldehydes is 1. The lowest BCUT2D eigenvalue weighted by molar-refractivity contribution is -0.386. The number of rotatable bonds is 8. The summed E-state index contributed by atoms with van der Waals surface area (Å²) in [5.41, 5.74) is 0.722. The van der Waals surface area contributed by atoms with Crippen molar-refractivity contribution >= 4 is 23.7 Å². The highest BCUT2D eigenvalue weighted by atomic mass is 32.2. The molecule has 2 aromatic carbocycles. The largest absolute Gasteiger partial charge is 0.502 e. The molecule has 0 aliphatic heterocycles. The van der Waals surface area contributed by atoms with E-state index in [-0.39, 0.29) is 5.56 Å². The van der Waals surface area contributed by atoms with Crippen molar-refractivity contribution < 1.29 is 14.8 Å². The van der Waals surface area contributed by atoms with E-state index in [1.54, 1.807) is 0 Å². The summed E-state index contributed by atoms with van der Waals surface area (Å²) >= 11 is 1.32. The first-order valence-electron chi connectivity index (χ1n) is 7.78. The topological polar surface area (TPSA) is 80.4 Å². The molecule has 0 unspecified atom stereocenters. The summed E-state index contributed by atoms with van der Waals surface area (Å²) in [6, 6.07) is 10.8. The molecule has 126 valence electrons. The van der Waals surface area contributed by atoms with E-state index in [0.717, 1.165) is 17.7 Å². The maximum absolute atomic E-state index is 11.0. The predicted octanol–water partition coefficient (Wildman–Crippen LogP) is 5.00. The number of phenolic OH excluding ortho intramolecular Hbond substituents is 1. The molecule has 1 N–H and O–H groups in total. The Bertz CT molecular complexity index is 729. The molecule has 0 saturated heterocycles. The molecule has 0 saturated carbocycles. The zero-order chi connectivity index (χ0) is 17.5. The summed E-state index contributed by atoms with van der Waals surface area (Å²) in [5.74, 6) is -0.592. The van der Waals surface area contributed by atoms with Gasteiger partial charge in [0, 0.05) is 15.9 Å². The number of carbonyl (C=O) groups is 1. The van der Waals surface area contributed by atoms with Crippen LogP contribution in [-0.4, -0.2) is 16.3 Å². The Hall–Kier alpha value is -2.34. The zero-order valence-corrected chi connectivity index (χ0v) is 14.2. The van der Waals surface area contributed by atoms with Gasteiger partial charge in [0.15, 0.2) is 6.29 Å². The summed E-state index contributed by atoms with van der Waals surface area (Å²) in [5, 5.41) is 20.7. The molecule has 0 spiro atoms. The van der Waals surface area contributed by atoms with Gasteiger partial charge in [-0.1, -0.05) is 43.7 Å². The summed E-state index contributed by atoms with van der Waals surface area (Å²) in [6.07, 6.45) is 5.02. The minimum absolute atomic E-state index is 0.0807. The van der Waals surface area contributed by atoms with Crippen LogP contribution in [0.5, 0.6) is 5.75 Å². The molecule has 0 radical (unpaired) electrons. The third kappa shape index (κ3) is 4.58.